The second-order valence-corrected chi connectivity index (χ2v) is 8.85. The van der Waals surface area contributed by atoms with Gasteiger partial charge < -0.3 is 0 Å². The van der Waals surface area contributed by atoms with E-state index in [0.29, 0.717) is 12.3 Å². The molecular weight excluding hydrogens is 630 g/mol. The van der Waals surface area contributed by atoms with Crippen LogP contribution < -0.4 is 0 Å². The van der Waals surface area contributed by atoms with E-state index in [0.717, 1.165) is 42.3 Å². The van der Waals surface area contributed by atoms with Gasteiger partial charge in [-0.25, -0.2) is 8.78 Å². The van der Waals surface area contributed by atoms with Crippen molar-refractivity contribution in [3.8, 4) is 0 Å². The standard InChI is InChI=1S/C18H29F2.Al.Dy.Re/c19-17-8-4-7-16(18(17)20)15-11-9-14(10-12-15)13-5-2-1-3-6-13;;;/h1,13-18H,2-12H2;;;. The minimum absolute atomic E-state index is 0. The molecule has 0 heterocycles. The zero-order chi connectivity index (χ0) is 14.8. The summed E-state index contributed by atoms with van der Waals surface area (Å²) >= 11 is 2.98. The Bertz CT molecular complexity index is 331. The topological polar surface area (TPSA) is 0 Å². The molecule has 3 unspecified atom stereocenters. The van der Waals surface area contributed by atoms with Gasteiger partial charge in [0.25, 0.3) is 0 Å². The van der Waals surface area contributed by atoms with Crippen LogP contribution in [-0.4, -0.2) is 28.6 Å². The van der Waals surface area contributed by atoms with E-state index in [1.807, 2.05) is 0 Å². The summed E-state index contributed by atoms with van der Waals surface area (Å²) in [7, 11) is 0. The molecule has 0 aromatic rings. The van der Waals surface area contributed by atoms with Crippen molar-refractivity contribution in [1.29, 1.82) is 0 Å². The van der Waals surface area contributed by atoms with Crippen LogP contribution in [0.2, 0.25) is 4.78 Å². The van der Waals surface area contributed by atoms with Crippen LogP contribution >= 0.6 is 0 Å². The zero-order valence-electron chi connectivity index (χ0n) is 13.8. The van der Waals surface area contributed by atoms with E-state index in [1.54, 1.807) is 0 Å². The van der Waals surface area contributed by atoms with Gasteiger partial charge in [0, 0.05) is 58.6 Å². The van der Waals surface area contributed by atoms with Crippen molar-refractivity contribution in [3.63, 3.8) is 0 Å². The molecule has 3 aliphatic carbocycles. The van der Waals surface area contributed by atoms with Crippen LogP contribution in [0, 0.1) is 61.8 Å². The van der Waals surface area contributed by atoms with Crippen LogP contribution in [0.3, 0.4) is 0 Å². The number of hydrogen-bond donors (Lipinski definition) is 0. The first-order valence-electron chi connectivity index (χ1n) is 9.19. The molecule has 0 aliphatic heterocycles. The Hall–Kier alpha value is 2.33. The van der Waals surface area contributed by atoms with E-state index < -0.39 is 12.3 Å². The van der Waals surface area contributed by atoms with Gasteiger partial charge in [-0.15, -0.1) is 4.78 Å². The average Bonchev–Trinajstić information content (AvgIpc) is 2.51. The summed E-state index contributed by atoms with van der Waals surface area (Å²) in [6.07, 6.45) is 10.3. The van der Waals surface area contributed by atoms with Gasteiger partial charge in [-0.05, 0) is 62.2 Å². The molecule has 3 saturated carbocycles. The fourth-order valence-electron chi connectivity index (χ4n) is 5.29. The molecule has 3 aliphatic rings. The molecule has 0 aromatic carbocycles. The monoisotopic (exact) mass is 661 g/mol. The largest absolute Gasteiger partial charge is 0.244 e. The van der Waals surface area contributed by atoms with E-state index in [1.165, 1.54) is 38.5 Å². The fraction of sp³-hybridized carbons (Fsp3) is 1.00. The Kier molecular flexibility index (Phi) is 11.4. The normalized spacial score (nSPS) is 44.7. The van der Waals surface area contributed by atoms with Crippen LogP contribution in [0.5, 0.6) is 0 Å². The van der Waals surface area contributed by atoms with Crippen molar-refractivity contribution in [3.05, 3.63) is 0 Å². The van der Waals surface area contributed by atoms with Gasteiger partial charge in [0.2, 0.25) is 0 Å². The minimum Gasteiger partial charge on any atom is -0.244 e. The smallest absolute Gasteiger partial charge is 0.134 e. The van der Waals surface area contributed by atoms with Gasteiger partial charge in [0.05, 0.1) is 0 Å². The van der Waals surface area contributed by atoms with E-state index in [9.17, 15) is 8.78 Å². The van der Waals surface area contributed by atoms with Crippen LogP contribution in [0.15, 0.2) is 0 Å². The van der Waals surface area contributed by atoms with Crippen molar-refractivity contribution in [2.45, 2.75) is 87.8 Å². The van der Waals surface area contributed by atoms with Crippen LogP contribution in [0.1, 0.15) is 70.6 Å². The molecule has 3 fully saturated rings. The number of hydrogen-bond acceptors (Lipinski definition) is 0. The maximum absolute atomic E-state index is 14.1. The summed E-state index contributed by atoms with van der Waals surface area (Å²) in [5, 5.41) is 0. The average molecular weight is 659 g/mol. The summed E-state index contributed by atoms with van der Waals surface area (Å²) in [5.74, 6) is 2.29. The van der Waals surface area contributed by atoms with Gasteiger partial charge in [-0.3, -0.25) is 0 Å². The molecule has 0 N–H and O–H groups in total. The van der Waals surface area contributed by atoms with Crippen molar-refractivity contribution in [2.75, 3.05) is 0 Å². The fourth-order valence-corrected chi connectivity index (χ4v) is 5.68. The molecule has 3 radical (unpaired) electrons. The zero-order valence-corrected chi connectivity index (χ0v) is 19.7. The Labute approximate surface area is 193 Å². The van der Waals surface area contributed by atoms with Gasteiger partial charge >= 0.3 is 0 Å². The predicted molar refractivity (Wildman–Crippen MR) is 84.0 cm³/mol. The molecule has 0 bridgehead atoms. The maximum atomic E-state index is 14.1. The number of rotatable bonds is 2. The first-order chi connectivity index (χ1) is 10.1. The Balaban J connectivity index is 0.00000132. The third-order valence-corrected chi connectivity index (χ3v) is 7.34. The molecule has 23 heavy (non-hydrogen) atoms. The second-order valence-electron chi connectivity index (χ2n) is 7.90. The molecule has 0 spiro atoms. The predicted octanol–water partition coefficient (Wildman–Crippen LogP) is 5.41. The molecule has 0 nitrogen and oxygen atoms in total. The third-order valence-electron chi connectivity index (χ3n) is 6.68. The number of halogens is 2. The Morgan fingerprint density at radius 3 is 1.70 bits per heavy atom. The molecule has 0 saturated heterocycles. The van der Waals surface area contributed by atoms with Gasteiger partial charge in [-0.1, -0.05) is 32.1 Å². The summed E-state index contributed by atoms with van der Waals surface area (Å²) in [6.45, 7) is 0. The molecule has 3 atom stereocenters. The summed E-state index contributed by atoms with van der Waals surface area (Å²) in [4.78, 5) is 0. The van der Waals surface area contributed by atoms with Gasteiger partial charge in [0.15, 0.2) is 0 Å². The molecule has 135 valence electrons. The first kappa shape index (κ1) is 23.4. The first-order valence-corrected chi connectivity index (χ1v) is 9.85. The Morgan fingerprint density at radius 2 is 1.13 bits per heavy atom. The van der Waals surface area contributed by atoms with E-state index in [4.69, 9.17) is 0 Å². The van der Waals surface area contributed by atoms with Crippen molar-refractivity contribution in [1.82, 2.24) is 0 Å². The number of alkyl halides is 2. The third kappa shape index (κ3) is 6.17. The minimum atomic E-state index is -1.18. The van der Waals surface area contributed by atoms with Crippen LogP contribution in [-0.2, 0) is 20.4 Å². The second kappa shape index (κ2) is 11.2. The van der Waals surface area contributed by atoms with E-state index >= 15 is 0 Å². The van der Waals surface area contributed by atoms with E-state index in [2.05, 4.69) is 16.3 Å². The Morgan fingerprint density at radius 1 is 0.652 bits per heavy atom. The van der Waals surface area contributed by atoms with E-state index in [-0.39, 0.29) is 64.5 Å². The summed E-state index contributed by atoms with van der Waals surface area (Å²) in [6, 6.07) is 0. The van der Waals surface area contributed by atoms with Crippen molar-refractivity contribution >= 4 is 16.3 Å². The molecule has 0 aromatic heterocycles. The molecule has 5 heteroatoms. The summed E-state index contributed by atoms with van der Waals surface area (Å²) < 4.78 is 28.6. The SMILES string of the molecule is FC1CCCC(C2CCC(C3CC[CH]([Al])CC3)CC2)C1F.[Dy].[Re]. The van der Waals surface area contributed by atoms with Crippen molar-refractivity contribution < 1.29 is 67.4 Å². The molecule has 0 amide bonds. The van der Waals surface area contributed by atoms with Crippen LogP contribution in [0.25, 0.3) is 0 Å². The van der Waals surface area contributed by atoms with Crippen LogP contribution in [0.4, 0.5) is 8.78 Å². The molecular formula is C18H29AlDyF2Re. The maximum Gasteiger partial charge on any atom is 0.134 e. The van der Waals surface area contributed by atoms with Gasteiger partial charge in [-0.2, -0.15) is 0 Å². The van der Waals surface area contributed by atoms with Gasteiger partial charge in [0.1, 0.15) is 28.6 Å². The van der Waals surface area contributed by atoms with Crippen molar-refractivity contribution in [2.24, 2.45) is 23.7 Å². The summed E-state index contributed by atoms with van der Waals surface area (Å²) in [5.41, 5.74) is 0. The molecule has 3 rings (SSSR count). The quantitative estimate of drug-likeness (QED) is 0.348.